The molecule has 0 unspecified atom stereocenters. The molecule has 7 heteroatoms. The number of aryl methyl sites for hydroxylation is 1. The first kappa shape index (κ1) is 15.5. The highest BCUT2D eigenvalue weighted by molar-refractivity contribution is 7.89. The molecule has 21 heavy (non-hydrogen) atoms. The molecule has 0 aliphatic heterocycles. The second-order valence-electron chi connectivity index (χ2n) is 4.77. The molecule has 1 aromatic carbocycles. The van der Waals surface area contributed by atoms with Crippen molar-refractivity contribution in [1.82, 2.24) is 13.9 Å². The average molecular weight is 308 g/mol. The van der Waals surface area contributed by atoms with Crippen molar-refractivity contribution in [2.75, 3.05) is 18.9 Å². The Morgan fingerprint density at radius 2 is 1.95 bits per heavy atom. The molecule has 0 aliphatic rings. The van der Waals surface area contributed by atoms with Gasteiger partial charge in [0.1, 0.15) is 5.82 Å². The van der Waals surface area contributed by atoms with E-state index in [2.05, 4.69) is 10.3 Å². The number of imidazole rings is 1. The Kier molecular flexibility index (Phi) is 4.64. The Balaban J connectivity index is 2.18. The van der Waals surface area contributed by atoms with E-state index in [4.69, 9.17) is 0 Å². The summed E-state index contributed by atoms with van der Waals surface area (Å²) in [5.41, 5.74) is 0.906. The zero-order valence-corrected chi connectivity index (χ0v) is 13.3. The maximum absolute atomic E-state index is 12.5. The molecule has 114 valence electrons. The smallest absolute Gasteiger partial charge is 0.243 e. The molecule has 0 fully saturated rings. The SMILES string of the molecule is CCNc1ccc(S(=O)(=O)N(C)Cc2nccn2C)cc1. The Bertz CT molecular complexity index is 692. The minimum absolute atomic E-state index is 0.237. The molecule has 1 aromatic heterocycles. The third kappa shape index (κ3) is 3.43. The van der Waals surface area contributed by atoms with Gasteiger partial charge in [-0.2, -0.15) is 4.31 Å². The first-order chi connectivity index (χ1) is 9.95. The number of hydrogen-bond donors (Lipinski definition) is 1. The molecular weight excluding hydrogens is 288 g/mol. The third-order valence-electron chi connectivity index (χ3n) is 3.23. The summed E-state index contributed by atoms with van der Waals surface area (Å²) in [6.45, 7) is 3.03. The fourth-order valence-corrected chi connectivity index (χ4v) is 3.09. The van der Waals surface area contributed by atoms with Crippen molar-refractivity contribution < 1.29 is 8.42 Å². The van der Waals surface area contributed by atoms with E-state index in [1.54, 1.807) is 48.3 Å². The molecule has 0 aliphatic carbocycles. The summed E-state index contributed by atoms with van der Waals surface area (Å²) in [7, 11) is -0.112. The van der Waals surface area contributed by atoms with Crippen molar-refractivity contribution in [2.24, 2.45) is 7.05 Å². The zero-order chi connectivity index (χ0) is 15.5. The Morgan fingerprint density at radius 3 is 2.48 bits per heavy atom. The van der Waals surface area contributed by atoms with Crippen molar-refractivity contribution in [3.8, 4) is 0 Å². The van der Waals surface area contributed by atoms with Gasteiger partial charge >= 0.3 is 0 Å². The topological polar surface area (TPSA) is 67.2 Å². The number of benzene rings is 1. The minimum atomic E-state index is -3.51. The normalized spacial score (nSPS) is 11.8. The maximum Gasteiger partial charge on any atom is 0.243 e. The highest BCUT2D eigenvalue weighted by atomic mass is 32.2. The molecule has 0 bridgehead atoms. The summed E-state index contributed by atoms with van der Waals surface area (Å²) >= 11 is 0. The quantitative estimate of drug-likeness (QED) is 0.881. The van der Waals surface area contributed by atoms with Crippen molar-refractivity contribution in [2.45, 2.75) is 18.4 Å². The van der Waals surface area contributed by atoms with Gasteiger partial charge in [0.25, 0.3) is 0 Å². The van der Waals surface area contributed by atoms with Gasteiger partial charge in [-0.25, -0.2) is 13.4 Å². The van der Waals surface area contributed by atoms with Gasteiger partial charge in [0, 0.05) is 38.7 Å². The molecule has 0 spiro atoms. The molecular formula is C14H20N4O2S. The number of aromatic nitrogens is 2. The first-order valence-corrected chi connectivity index (χ1v) is 8.15. The number of hydrogen-bond acceptors (Lipinski definition) is 4. The van der Waals surface area contributed by atoms with Crippen LogP contribution in [0.4, 0.5) is 5.69 Å². The molecule has 0 saturated heterocycles. The van der Waals surface area contributed by atoms with E-state index in [0.717, 1.165) is 12.2 Å². The van der Waals surface area contributed by atoms with E-state index in [-0.39, 0.29) is 11.4 Å². The van der Waals surface area contributed by atoms with Gasteiger partial charge in [0.05, 0.1) is 11.4 Å². The van der Waals surface area contributed by atoms with E-state index >= 15 is 0 Å². The van der Waals surface area contributed by atoms with Gasteiger partial charge in [0.2, 0.25) is 10.0 Å². The molecule has 0 saturated carbocycles. The van der Waals surface area contributed by atoms with Crippen molar-refractivity contribution >= 4 is 15.7 Å². The summed E-state index contributed by atoms with van der Waals surface area (Å²) in [5, 5.41) is 3.14. The summed E-state index contributed by atoms with van der Waals surface area (Å²) in [6.07, 6.45) is 3.45. The van der Waals surface area contributed by atoms with Gasteiger partial charge in [-0.3, -0.25) is 0 Å². The fourth-order valence-electron chi connectivity index (χ4n) is 1.96. The molecule has 1 heterocycles. The van der Waals surface area contributed by atoms with Crippen LogP contribution in [0.25, 0.3) is 0 Å². The van der Waals surface area contributed by atoms with Crippen LogP contribution in [-0.2, 0) is 23.6 Å². The lowest BCUT2D eigenvalue weighted by Crippen LogP contribution is -2.27. The van der Waals surface area contributed by atoms with Crippen LogP contribution in [0, 0.1) is 0 Å². The van der Waals surface area contributed by atoms with Crippen LogP contribution in [0.2, 0.25) is 0 Å². The van der Waals surface area contributed by atoms with Gasteiger partial charge in [-0.05, 0) is 31.2 Å². The number of nitrogens with one attached hydrogen (secondary N) is 1. The van der Waals surface area contributed by atoms with E-state index in [9.17, 15) is 8.42 Å². The minimum Gasteiger partial charge on any atom is -0.385 e. The lowest BCUT2D eigenvalue weighted by Gasteiger charge is -2.17. The van der Waals surface area contributed by atoms with Crippen LogP contribution in [0.15, 0.2) is 41.6 Å². The molecule has 0 atom stereocenters. The van der Waals surface area contributed by atoms with Gasteiger partial charge < -0.3 is 9.88 Å². The number of nitrogens with zero attached hydrogens (tertiary/aromatic N) is 3. The van der Waals surface area contributed by atoms with E-state index in [0.29, 0.717) is 5.82 Å². The Hall–Kier alpha value is -1.86. The zero-order valence-electron chi connectivity index (χ0n) is 12.4. The van der Waals surface area contributed by atoms with Crippen molar-refractivity contribution in [1.29, 1.82) is 0 Å². The molecule has 0 radical (unpaired) electrons. The summed E-state index contributed by atoms with van der Waals surface area (Å²) in [5.74, 6) is 0.699. The molecule has 6 nitrogen and oxygen atoms in total. The van der Waals surface area contributed by atoms with Gasteiger partial charge in [-0.15, -0.1) is 0 Å². The molecule has 0 amide bonds. The van der Waals surface area contributed by atoms with E-state index in [1.807, 2.05) is 14.0 Å². The summed E-state index contributed by atoms with van der Waals surface area (Å²) in [4.78, 5) is 4.43. The highest BCUT2D eigenvalue weighted by Crippen LogP contribution is 2.18. The molecule has 2 aromatic rings. The maximum atomic E-state index is 12.5. The van der Waals surface area contributed by atoms with Gasteiger partial charge in [-0.1, -0.05) is 0 Å². The lowest BCUT2D eigenvalue weighted by atomic mass is 10.3. The summed E-state index contributed by atoms with van der Waals surface area (Å²) < 4.78 is 28.1. The predicted octanol–water partition coefficient (Wildman–Crippen LogP) is 1.67. The van der Waals surface area contributed by atoms with Crippen LogP contribution in [0.1, 0.15) is 12.7 Å². The van der Waals surface area contributed by atoms with Gasteiger partial charge in [0.15, 0.2) is 0 Å². The number of rotatable bonds is 6. The predicted molar refractivity (Wildman–Crippen MR) is 82.5 cm³/mol. The monoisotopic (exact) mass is 308 g/mol. The van der Waals surface area contributed by atoms with E-state index < -0.39 is 10.0 Å². The van der Waals surface area contributed by atoms with Crippen molar-refractivity contribution in [3.05, 3.63) is 42.5 Å². The third-order valence-corrected chi connectivity index (χ3v) is 5.05. The number of sulfonamides is 1. The van der Waals surface area contributed by atoms with Crippen LogP contribution in [0.5, 0.6) is 0 Å². The molecule has 1 N–H and O–H groups in total. The van der Waals surface area contributed by atoms with Crippen molar-refractivity contribution in [3.63, 3.8) is 0 Å². The molecule has 2 rings (SSSR count). The Labute approximate surface area is 125 Å². The van der Waals surface area contributed by atoms with E-state index in [1.165, 1.54) is 4.31 Å². The highest BCUT2D eigenvalue weighted by Gasteiger charge is 2.21. The van der Waals surface area contributed by atoms with Crippen LogP contribution in [0.3, 0.4) is 0 Å². The average Bonchev–Trinajstić information content (AvgIpc) is 2.85. The Morgan fingerprint density at radius 1 is 1.29 bits per heavy atom. The number of anilines is 1. The lowest BCUT2D eigenvalue weighted by molar-refractivity contribution is 0.451. The fraction of sp³-hybridized carbons (Fsp3) is 0.357. The van der Waals surface area contributed by atoms with Crippen LogP contribution < -0.4 is 5.32 Å². The standard InChI is InChI=1S/C14H20N4O2S/c1-4-15-12-5-7-13(8-6-12)21(19,20)18(3)11-14-16-9-10-17(14)2/h5-10,15H,4,11H2,1-3H3. The van der Waals surface area contributed by atoms with Crippen LogP contribution >= 0.6 is 0 Å². The first-order valence-electron chi connectivity index (χ1n) is 6.71. The second kappa shape index (κ2) is 6.28. The second-order valence-corrected chi connectivity index (χ2v) is 6.82. The largest absolute Gasteiger partial charge is 0.385 e. The summed E-state index contributed by atoms with van der Waals surface area (Å²) in [6, 6.07) is 6.76. The van der Waals surface area contributed by atoms with Crippen LogP contribution in [-0.4, -0.2) is 35.9 Å².